The van der Waals surface area contributed by atoms with E-state index in [1.54, 1.807) is 6.20 Å². The van der Waals surface area contributed by atoms with E-state index in [-0.39, 0.29) is 18.0 Å². The lowest BCUT2D eigenvalue weighted by Crippen LogP contribution is -2.50. The molecule has 2 aromatic carbocycles. The maximum atomic E-state index is 12.8. The quantitative estimate of drug-likeness (QED) is 0.762. The van der Waals surface area contributed by atoms with Gasteiger partial charge in [-0.2, -0.15) is 5.10 Å². The molecular weight excluding hydrogens is 352 g/mol. The molecule has 0 spiro atoms. The summed E-state index contributed by atoms with van der Waals surface area (Å²) in [4.78, 5) is 29.1. The molecular formula is C22H22N4O2. The normalized spacial score (nSPS) is 14.4. The Kier molecular flexibility index (Phi) is 4.93. The van der Waals surface area contributed by atoms with Crippen LogP contribution in [0.1, 0.15) is 11.1 Å². The Balaban J connectivity index is 1.57. The Morgan fingerprint density at radius 3 is 2.50 bits per heavy atom. The molecule has 6 heteroatoms. The maximum Gasteiger partial charge on any atom is 0.274 e. The van der Waals surface area contributed by atoms with Crippen LogP contribution in [0.5, 0.6) is 0 Å². The summed E-state index contributed by atoms with van der Waals surface area (Å²) >= 11 is 0. The van der Waals surface area contributed by atoms with Gasteiger partial charge in [-0.3, -0.25) is 9.59 Å². The zero-order valence-electron chi connectivity index (χ0n) is 15.8. The monoisotopic (exact) mass is 374 g/mol. The van der Waals surface area contributed by atoms with Crippen LogP contribution in [0.3, 0.4) is 0 Å². The number of rotatable bonds is 4. The molecule has 1 saturated heterocycles. The summed E-state index contributed by atoms with van der Waals surface area (Å²) in [5.41, 5.74) is 4.15. The third-order valence-corrected chi connectivity index (χ3v) is 5.18. The Bertz CT molecular complexity index is 1050. The molecule has 0 aliphatic carbocycles. The van der Waals surface area contributed by atoms with Crippen LogP contribution >= 0.6 is 0 Å². The van der Waals surface area contributed by atoms with Crippen molar-refractivity contribution in [2.75, 3.05) is 24.5 Å². The highest BCUT2D eigenvalue weighted by Gasteiger charge is 2.27. The molecule has 0 saturated carbocycles. The number of benzene rings is 2. The number of aromatic amines is 1. The highest BCUT2D eigenvalue weighted by Crippen LogP contribution is 2.27. The van der Waals surface area contributed by atoms with Crippen molar-refractivity contribution in [3.05, 3.63) is 82.3 Å². The van der Waals surface area contributed by atoms with E-state index in [1.165, 1.54) is 5.56 Å². The number of anilines is 1. The number of piperazine rings is 1. The van der Waals surface area contributed by atoms with E-state index in [4.69, 9.17) is 0 Å². The molecule has 1 aliphatic rings. The molecule has 0 unspecified atom stereocenters. The highest BCUT2D eigenvalue weighted by atomic mass is 16.2. The van der Waals surface area contributed by atoms with Gasteiger partial charge in [-0.05, 0) is 23.6 Å². The summed E-state index contributed by atoms with van der Waals surface area (Å²) < 4.78 is 0. The molecule has 1 amide bonds. The Morgan fingerprint density at radius 1 is 1.00 bits per heavy atom. The first-order valence-electron chi connectivity index (χ1n) is 9.34. The summed E-state index contributed by atoms with van der Waals surface area (Å²) in [5.74, 6) is 0.0498. The molecule has 142 valence electrons. The minimum Gasteiger partial charge on any atom is -0.358 e. The number of carbonyl (C=O) groups excluding carboxylic acids is 1. The minimum atomic E-state index is -0.251. The average molecular weight is 374 g/mol. The van der Waals surface area contributed by atoms with E-state index in [0.29, 0.717) is 30.9 Å². The number of carbonyl (C=O) groups is 1. The highest BCUT2D eigenvalue weighted by molar-refractivity contribution is 5.86. The van der Waals surface area contributed by atoms with Gasteiger partial charge in [0.15, 0.2) is 0 Å². The molecule has 1 aliphatic heterocycles. The van der Waals surface area contributed by atoms with Crippen molar-refractivity contribution in [1.29, 1.82) is 0 Å². The van der Waals surface area contributed by atoms with Crippen molar-refractivity contribution in [2.45, 2.75) is 13.5 Å². The van der Waals surface area contributed by atoms with Gasteiger partial charge in [0.05, 0.1) is 24.0 Å². The van der Waals surface area contributed by atoms with Crippen molar-refractivity contribution in [3.63, 3.8) is 0 Å². The van der Waals surface area contributed by atoms with Crippen LogP contribution in [0.25, 0.3) is 11.1 Å². The number of aromatic nitrogens is 2. The first-order chi connectivity index (χ1) is 13.6. The van der Waals surface area contributed by atoms with Gasteiger partial charge in [-0.1, -0.05) is 54.6 Å². The smallest absolute Gasteiger partial charge is 0.274 e. The van der Waals surface area contributed by atoms with Crippen LogP contribution in [0.4, 0.5) is 5.69 Å². The van der Waals surface area contributed by atoms with E-state index in [2.05, 4.69) is 29.3 Å². The van der Waals surface area contributed by atoms with E-state index < -0.39 is 0 Å². The van der Waals surface area contributed by atoms with Crippen molar-refractivity contribution in [2.24, 2.45) is 0 Å². The van der Waals surface area contributed by atoms with Gasteiger partial charge in [-0.15, -0.1) is 0 Å². The van der Waals surface area contributed by atoms with Crippen molar-refractivity contribution in [3.8, 4) is 11.1 Å². The number of hydrogen-bond donors (Lipinski definition) is 1. The third kappa shape index (κ3) is 3.53. The topological polar surface area (TPSA) is 69.3 Å². The Labute approximate surface area is 163 Å². The number of H-pyrrole nitrogens is 1. The number of amides is 1. The fraction of sp³-hybridized carbons (Fsp3) is 0.227. The van der Waals surface area contributed by atoms with Gasteiger partial charge in [0.2, 0.25) is 5.91 Å². The van der Waals surface area contributed by atoms with Gasteiger partial charge in [0, 0.05) is 19.6 Å². The Morgan fingerprint density at radius 2 is 1.75 bits per heavy atom. The molecule has 1 aromatic heterocycles. The molecule has 1 N–H and O–H groups in total. The summed E-state index contributed by atoms with van der Waals surface area (Å²) in [6, 6.07) is 17.6. The molecule has 0 atom stereocenters. The third-order valence-electron chi connectivity index (χ3n) is 5.18. The molecule has 28 heavy (non-hydrogen) atoms. The second kappa shape index (κ2) is 7.68. The summed E-state index contributed by atoms with van der Waals surface area (Å²) in [6.07, 6.45) is 1.63. The van der Waals surface area contributed by atoms with Crippen LogP contribution in [0.2, 0.25) is 0 Å². The molecule has 0 bridgehead atoms. The second-order valence-electron chi connectivity index (χ2n) is 6.99. The summed E-state index contributed by atoms with van der Waals surface area (Å²) in [6.45, 7) is 4.16. The van der Waals surface area contributed by atoms with Gasteiger partial charge >= 0.3 is 0 Å². The second-order valence-corrected chi connectivity index (χ2v) is 6.99. The average Bonchev–Trinajstić information content (AvgIpc) is 2.71. The van der Waals surface area contributed by atoms with E-state index in [9.17, 15) is 9.59 Å². The zero-order chi connectivity index (χ0) is 19.5. The SMILES string of the molecule is Cc1ccccc1CN1CCN(c2cn[nH]c(=O)c2-c2ccccc2)CC1=O. The number of hydrogen-bond acceptors (Lipinski definition) is 4. The fourth-order valence-electron chi connectivity index (χ4n) is 3.59. The van der Waals surface area contributed by atoms with Crippen LogP contribution in [0, 0.1) is 6.92 Å². The standard InChI is InChI=1S/C22H22N4O2/c1-16-7-5-6-10-18(16)14-26-12-11-25(15-20(26)27)19-13-23-24-22(28)21(19)17-8-3-2-4-9-17/h2-10,13H,11-12,14-15H2,1H3,(H,24,28). The summed E-state index contributed by atoms with van der Waals surface area (Å²) in [5, 5.41) is 6.47. The number of nitrogens with one attached hydrogen (secondary N) is 1. The molecule has 6 nitrogen and oxygen atoms in total. The van der Waals surface area contributed by atoms with Crippen molar-refractivity contribution in [1.82, 2.24) is 15.1 Å². The van der Waals surface area contributed by atoms with Crippen molar-refractivity contribution >= 4 is 11.6 Å². The molecule has 4 rings (SSSR count). The number of nitrogens with zero attached hydrogens (tertiary/aromatic N) is 3. The van der Waals surface area contributed by atoms with E-state index >= 15 is 0 Å². The lowest BCUT2D eigenvalue weighted by molar-refractivity contribution is -0.131. The lowest BCUT2D eigenvalue weighted by atomic mass is 10.0. The summed E-state index contributed by atoms with van der Waals surface area (Å²) in [7, 11) is 0. The van der Waals surface area contributed by atoms with E-state index in [0.717, 1.165) is 11.1 Å². The van der Waals surface area contributed by atoms with E-state index in [1.807, 2.05) is 52.3 Å². The van der Waals surface area contributed by atoms with Gasteiger partial charge < -0.3 is 9.80 Å². The van der Waals surface area contributed by atoms with Crippen LogP contribution in [-0.2, 0) is 11.3 Å². The maximum absolute atomic E-state index is 12.8. The van der Waals surface area contributed by atoms with Crippen LogP contribution < -0.4 is 10.5 Å². The predicted molar refractivity (Wildman–Crippen MR) is 109 cm³/mol. The zero-order valence-corrected chi connectivity index (χ0v) is 15.8. The van der Waals surface area contributed by atoms with Crippen LogP contribution in [-0.4, -0.2) is 40.6 Å². The molecule has 3 aromatic rings. The number of aryl methyl sites for hydroxylation is 1. The first kappa shape index (κ1) is 18.0. The fourth-order valence-corrected chi connectivity index (χ4v) is 3.59. The lowest BCUT2D eigenvalue weighted by Gasteiger charge is -2.36. The van der Waals surface area contributed by atoms with Gasteiger partial charge in [-0.25, -0.2) is 5.10 Å². The van der Waals surface area contributed by atoms with Gasteiger partial charge in [0.25, 0.3) is 5.56 Å². The van der Waals surface area contributed by atoms with Gasteiger partial charge in [0.1, 0.15) is 0 Å². The molecule has 2 heterocycles. The first-order valence-corrected chi connectivity index (χ1v) is 9.34. The molecule has 0 radical (unpaired) electrons. The largest absolute Gasteiger partial charge is 0.358 e. The van der Waals surface area contributed by atoms with Crippen LogP contribution in [0.15, 0.2) is 65.6 Å². The minimum absolute atomic E-state index is 0.0498. The predicted octanol–water partition coefficient (Wildman–Crippen LogP) is 2.59. The molecule has 1 fully saturated rings. The Hall–Kier alpha value is -3.41. The van der Waals surface area contributed by atoms with Crippen molar-refractivity contribution < 1.29 is 4.79 Å².